The Bertz CT molecular complexity index is 825. The van der Waals surface area contributed by atoms with Crippen molar-refractivity contribution < 1.29 is 28.1 Å². The van der Waals surface area contributed by atoms with E-state index in [1.807, 2.05) is 0 Å². The largest absolute Gasteiger partial charge is 0.513 e. The van der Waals surface area contributed by atoms with Gasteiger partial charge < -0.3 is 13.8 Å². The fourth-order valence-electron chi connectivity index (χ4n) is 1.94. The lowest BCUT2D eigenvalue weighted by atomic mass is 10.3. The first-order chi connectivity index (χ1) is 12.8. The van der Waals surface area contributed by atoms with Crippen LogP contribution in [-0.4, -0.2) is 23.5 Å². The van der Waals surface area contributed by atoms with Gasteiger partial charge in [0.25, 0.3) is 5.69 Å². The van der Waals surface area contributed by atoms with Gasteiger partial charge in [-0.25, -0.2) is 4.57 Å². The first-order valence-electron chi connectivity index (χ1n) is 8.01. The molecule has 0 aromatic heterocycles. The Morgan fingerprint density at radius 1 is 1.07 bits per heavy atom. The third-order valence-electron chi connectivity index (χ3n) is 3.03. The Kier molecular flexibility index (Phi) is 6.92. The van der Waals surface area contributed by atoms with Gasteiger partial charge in [0.2, 0.25) is 0 Å². The molecule has 0 amide bonds. The number of nitro benzene ring substituents is 1. The van der Waals surface area contributed by atoms with Gasteiger partial charge in [-0.05, 0) is 38.1 Å². The standard InChI is InChI=1S/C17H19N2O7P/c1-13(2)24-17(20)12-18-27(23,25-15-6-4-3-5-7-15)26-16-10-8-14(9-11-16)19(21)22/h3-11,13H,12H2,1-2H3,(H,18,23). The summed E-state index contributed by atoms with van der Waals surface area (Å²) in [5.41, 5.74) is -0.144. The number of non-ortho nitro benzene ring substituents is 1. The van der Waals surface area contributed by atoms with Gasteiger partial charge in [-0.2, -0.15) is 5.09 Å². The third kappa shape index (κ3) is 6.73. The molecular weight excluding hydrogens is 375 g/mol. The zero-order chi connectivity index (χ0) is 19.9. The maximum atomic E-state index is 13.1. The highest BCUT2D eigenvalue weighted by Crippen LogP contribution is 2.44. The molecular formula is C17H19N2O7P. The number of nitrogens with one attached hydrogen (secondary N) is 1. The molecule has 0 saturated heterocycles. The van der Waals surface area contributed by atoms with Crippen molar-refractivity contribution in [2.45, 2.75) is 20.0 Å². The topological polar surface area (TPSA) is 117 Å². The molecule has 2 rings (SSSR count). The lowest BCUT2D eigenvalue weighted by Crippen LogP contribution is -2.28. The molecule has 9 nitrogen and oxygen atoms in total. The van der Waals surface area contributed by atoms with Crippen molar-refractivity contribution in [1.82, 2.24) is 5.09 Å². The molecule has 1 atom stereocenters. The first-order valence-corrected chi connectivity index (χ1v) is 9.55. The van der Waals surface area contributed by atoms with Crippen LogP contribution in [0.4, 0.5) is 5.69 Å². The summed E-state index contributed by atoms with van der Waals surface area (Å²) in [6.07, 6.45) is -0.329. The van der Waals surface area contributed by atoms with E-state index in [0.29, 0.717) is 0 Å². The Morgan fingerprint density at radius 2 is 1.63 bits per heavy atom. The zero-order valence-corrected chi connectivity index (χ0v) is 15.6. The Hall–Kier alpha value is -2.90. The Labute approximate surface area is 156 Å². The summed E-state index contributed by atoms with van der Waals surface area (Å²) in [6.45, 7) is 2.96. The summed E-state index contributed by atoms with van der Waals surface area (Å²) in [4.78, 5) is 21.9. The monoisotopic (exact) mass is 394 g/mol. The second kappa shape index (κ2) is 9.16. The number of nitro groups is 1. The van der Waals surface area contributed by atoms with Crippen molar-refractivity contribution >= 4 is 19.4 Å². The summed E-state index contributed by atoms with van der Waals surface area (Å²) >= 11 is 0. The lowest BCUT2D eigenvalue weighted by molar-refractivity contribution is -0.384. The molecule has 0 aliphatic heterocycles. The van der Waals surface area contributed by atoms with Crippen LogP contribution in [0, 0.1) is 10.1 Å². The maximum absolute atomic E-state index is 13.1. The van der Waals surface area contributed by atoms with E-state index < -0.39 is 25.2 Å². The fraction of sp³-hybridized carbons (Fsp3) is 0.235. The number of nitrogens with zero attached hydrogens (tertiary/aromatic N) is 1. The second-order valence-corrected chi connectivity index (χ2v) is 7.29. The van der Waals surface area contributed by atoms with E-state index in [1.165, 1.54) is 24.3 Å². The SMILES string of the molecule is CC(C)OC(=O)CNP(=O)(Oc1ccccc1)Oc1ccc([N+](=O)[O-])cc1. The predicted molar refractivity (Wildman–Crippen MR) is 97.6 cm³/mol. The van der Waals surface area contributed by atoms with Gasteiger partial charge in [0.05, 0.1) is 11.0 Å². The number of esters is 1. The van der Waals surface area contributed by atoms with E-state index in [-0.39, 0.29) is 23.3 Å². The van der Waals surface area contributed by atoms with E-state index in [0.717, 1.165) is 0 Å². The molecule has 27 heavy (non-hydrogen) atoms. The summed E-state index contributed by atoms with van der Waals surface area (Å²) in [7, 11) is -4.02. The van der Waals surface area contributed by atoms with Crippen LogP contribution in [0.5, 0.6) is 11.5 Å². The van der Waals surface area contributed by atoms with Gasteiger partial charge in [-0.1, -0.05) is 18.2 Å². The van der Waals surface area contributed by atoms with Crippen LogP contribution in [0.3, 0.4) is 0 Å². The van der Waals surface area contributed by atoms with Gasteiger partial charge in [0.15, 0.2) is 0 Å². The van der Waals surface area contributed by atoms with Crippen molar-refractivity contribution in [3.8, 4) is 11.5 Å². The minimum atomic E-state index is -4.02. The average Bonchev–Trinajstić information content (AvgIpc) is 2.61. The van der Waals surface area contributed by atoms with E-state index in [4.69, 9.17) is 13.8 Å². The van der Waals surface area contributed by atoms with E-state index in [1.54, 1.807) is 44.2 Å². The zero-order valence-electron chi connectivity index (χ0n) is 14.7. The van der Waals surface area contributed by atoms with E-state index in [2.05, 4.69) is 5.09 Å². The highest BCUT2D eigenvalue weighted by atomic mass is 31.2. The molecule has 0 aliphatic rings. The fourth-order valence-corrected chi connectivity index (χ4v) is 3.22. The Balaban J connectivity index is 2.16. The number of hydrogen-bond acceptors (Lipinski definition) is 7. The van der Waals surface area contributed by atoms with Crippen LogP contribution in [0.2, 0.25) is 0 Å². The number of benzene rings is 2. The van der Waals surface area contributed by atoms with Crippen molar-refractivity contribution in [2.75, 3.05) is 6.54 Å². The number of ether oxygens (including phenoxy) is 1. The molecule has 0 radical (unpaired) electrons. The number of carbonyl (C=O) groups excluding carboxylic acids is 1. The Morgan fingerprint density at radius 3 is 2.15 bits per heavy atom. The molecule has 0 spiro atoms. The highest BCUT2D eigenvalue weighted by molar-refractivity contribution is 7.52. The van der Waals surface area contributed by atoms with Crippen molar-refractivity contribution in [1.29, 1.82) is 0 Å². The summed E-state index contributed by atoms with van der Waals surface area (Å²) in [6, 6.07) is 13.2. The van der Waals surface area contributed by atoms with Crippen molar-refractivity contribution in [3.63, 3.8) is 0 Å². The van der Waals surface area contributed by atoms with Gasteiger partial charge >= 0.3 is 13.7 Å². The average molecular weight is 394 g/mol. The third-order valence-corrected chi connectivity index (χ3v) is 4.47. The lowest BCUT2D eigenvalue weighted by Gasteiger charge is -2.20. The maximum Gasteiger partial charge on any atom is 0.513 e. The number of carbonyl (C=O) groups is 1. The molecule has 10 heteroatoms. The number of hydrogen-bond donors (Lipinski definition) is 1. The smallest absolute Gasteiger partial charge is 0.462 e. The minimum Gasteiger partial charge on any atom is -0.462 e. The summed E-state index contributed by atoms with van der Waals surface area (Å²) < 4.78 is 28.9. The quantitative estimate of drug-likeness (QED) is 0.296. The molecule has 0 fully saturated rings. The summed E-state index contributed by atoms with van der Waals surface area (Å²) in [5, 5.41) is 13.2. The molecule has 0 heterocycles. The normalized spacial score (nSPS) is 12.9. The van der Waals surface area contributed by atoms with Crippen molar-refractivity contribution in [2.24, 2.45) is 0 Å². The second-order valence-electron chi connectivity index (χ2n) is 5.62. The van der Waals surface area contributed by atoms with Crippen LogP contribution in [0.1, 0.15) is 13.8 Å². The minimum absolute atomic E-state index is 0.0737. The molecule has 2 aromatic rings. The highest BCUT2D eigenvalue weighted by Gasteiger charge is 2.30. The van der Waals surface area contributed by atoms with Crippen molar-refractivity contribution in [3.05, 3.63) is 64.7 Å². The predicted octanol–water partition coefficient (Wildman–Crippen LogP) is 3.70. The van der Waals surface area contributed by atoms with Gasteiger partial charge in [-0.3, -0.25) is 14.9 Å². The van der Waals surface area contributed by atoms with E-state index >= 15 is 0 Å². The number of rotatable bonds is 9. The number of para-hydroxylation sites is 1. The van der Waals surface area contributed by atoms with Gasteiger partial charge in [-0.15, -0.1) is 0 Å². The summed E-state index contributed by atoms with van der Waals surface area (Å²) in [5.74, 6) is -0.300. The van der Waals surface area contributed by atoms with Crippen LogP contribution >= 0.6 is 7.75 Å². The first kappa shape index (κ1) is 20.4. The molecule has 0 bridgehead atoms. The van der Waals surface area contributed by atoms with Crippen LogP contribution in [-0.2, 0) is 14.1 Å². The van der Waals surface area contributed by atoms with Crippen LogP contribution in [0.25, 0.3) is 0 Å². The molecule has 0 saturated carbocycles. The molecule has 0 aliphatic carbocycles. The van der Waals surface area contributed by atoms with Gasteiger partial charge in [0, 0.05) is 12.1 Å². The molecule has 144 valence electrons. The molecule has 2 aromatic carbocycles. The molecule has 1 unspecified atom stereocenters. The molecule has 1 N–H and O–H groups in total. The van der Waals surface area contributed by atoms with E-state index in [9.17, 15) is 19.5 Å². The van der Waals surface area contributed by atoms with Crippen LogP contribution < -0.4 is 14.1 Å². The van der Waals surface area contributed by atoms with Gasteiger partial charge in [0.1, 0.15) is 18.0 Å². The van der Waals surface area contributed by atoms with Crippen LogP contribution in [0.15, 0.2) is 54.6 Å².